The van der Waals surface area contributed by atoms with E-state index in [0.717, 1.165) is 41.6 Å². The van der Waals surface area contributed by atoms with Gasteiger partial charge in [0.15, 0.2) is 0 Å². The number of nitrogens with zero attached hydrogens (tertiary/aromatic N) is 1. The Labute approximate surface area is 166 Å². The van der Waals surface area contributed by atoms with E-state index in [1.807, 2.05) is 30.0 Å². The molecule has 1 N–H and O–H groups in total. The molecule has 0 bridgehead atoms. The Bertz CT molecular complexity index is 1020. The number of nitrogens with one attached hydrogen (secondary N) is 1. The molecule has 3 aromatic rings. The molecule has 4 rings (SSSR count). The quantitative estimate of drug-likeness (QED) is 0.646. The summed E-state index contributed by atoms with van der Waals surface area (Å²) in [6, 6.07) is 12.9. The van der Waals surface area contributed by atoms with Crippen LogP contribution in [0, 0.1) is 6.92 Å². The number of anilines is 1. The largest absolute Gasteiger partial charge is 0.339 e. The summed E-state index contributed by atoms with van der Waals surface area (Å²) in [5, 5.41) is 4.30. The van der Waals surface area contributed by atoms with Crippen LogP contribution in [0.25, 0.3) is 10.1 Å². The summed E-state index contributed by atoms with van der Waals surface area (Å²) in [5.74, 6) is -0.187. The molecular formula is C21H19ClN2O2S. The Kier molecular flexibility index (Phi) is 4.89. The van der Waals surface area contributed by atoms with Gasteiger partial charge < -0.3 is 10.2 Å². The standard InChI is InChI=1S/C21H19ClN2O2S/c1-13-5-4-6-16-17(13)18(22)19(27-16)20(25)23-15-9-7-14(8-10-15)21(26)24-11-2-3-12-24/h4-10H,2-3,11-12H2,1H3,(H,23,25). The van der Waals surface area contributed by atoms with E-state index in [-0.39, 0.29) is 11.8 Å². The molecule has 1 aliphatic heterocycles. The van der Waals surface area contributed by atoms with Gasteiger partial charge in [-0.2, -0.15) is 0 Å². The van der Waals surface area contributed by atoms with E-state index >= 15 is 0 Å². The van der Waals surface area contributed by atoms with Gasteiger partial charge in [-0.25, -0.2) is 0 Å². The predicted octanol–water partition coefficient (Wildman–Crippen LogP) is 5.35. The van der Waals surface area contributed by atoms with Gasteiger partial charge >= 0.3 is 0 Å². The zero-order valence-corrected chi connectivity index (χ0v) is 16.5. The third kappa shape index (κ3) is 3.45. The number of carbonyl (C=O) groups excluding carboxylic acids is 2. The highest BCUT2D eigenvalue weighted by molar-refractivity contribution is 7.21. The lowest BCUT2D eigenvalue weighted by atomic mass is 10.1. The number of thiophene rings is 1. The first kappa shape index (κ1) is 18.0. The first-order valence-corrected chi connectivity index (χ1v) is 10.1. The molecule has 0 unspecified atom stereocenters. The van der Waals surface area contributed by atoms with E-state index in [1.165, 1.54) is 11.3 Å². The van der Waals surface area contributed by atoms with Crippen LogP contribution in [0.1, 0.15) is 38.4 Å². The first-order valence-electron chi connectivity index (χ1n) is 8.93. The highest BCUT2D eigenvalue weighted by atomic mass is 35.5. The van der Waals surface area contributed by atoms with Gasteiger partial charge in [0, 0.05) is 34.4 Å². The predicted molar refractivity (Wildman–Crippen MR) is 111 cm³/mol. The van der Waals surface area contributed by atoms with Gasteiger partial charge in [-0.1, -0.05) is 23.7 Å². The highest BCUT2D eigenvalue weighted by Crippen LogP contribution is 2.37. The molecule has 1 saturated heterocycles. The van der Waals surface area contributed by atoms with E-state index in [0.29, 0.717) is 21.2 Å². The van der Waals surface area contributed by atoms with Crippen molar-refractivity contribution in [2.45, 2.75) is 19.8 Å². The Balaban J connectivity index is 1.52. The molecule has 138 valence electrons. The zero-order chi connectivity index (χ0) is 19.0. The molecule has 0 saturated carbocycles. The van der Waals surface area contributed by atoms with Gasteiger partial charge in [0.1, 0.15) is 4.88 Å². The molecule has 27 heavy (non-hydrogen) atoms. The van der Waals surface area contributed by atoms with E-state index in [9.17, 15) is 9.59 Å². The van der Waals surface area contributed by atoms with Gasteiger partial charge in [0.25, 0.3) is 11.8 Å². The van der Waals surface area contributed by atoms with Crippen LogP contribution in [0.2, 0.25) is 5.02 Å². The molecule has 1 aromatic heterocycles. The molecule has 0 atom stereocenters. The number of carbonyl (C=O) groups is 2. The maximum absolute atomic E-state index is 12.7. The molecule has 0 radical (unpaired) electrons. The van der Waals surface area contributed by atoms with Crippen molar-refractivity contribution in [2.24, 2.45) is 0 Å². The number of halogens is 1. The number of rotatable bonds is 3. The van der Waals surface area contributed by atoms with E-state index < -0.39 is 0 Å². The van der Waals surface area contributed by atoms with Crippen molar-refractivity contribution in [1.29, 1.82) is 0 Å². The highest BCUT2D eigenvalue weighted by Gasteiger charge is 2.20. The molecule has 2 aromatic carbocycles. The fourth-order valence-corrected chi connectivity index (χ4v) is 4.98. The molecule has 1 aliphatic rings. The number of benzene rings is 2. The van der Waals surface area contributed by atoms with Crippen LogP contribution >= 0.6 is 22.9 Å². The number of amides is 2. The average Bonchev–Trinajstić information content (AvgIpc) is 3.31. The lowest BCUT2D eigenvalue weighted by Gasteiger charge is -2.15. The molecular weight excluding hydrogens is 380 g/mol. The third-order valence-corrected chi connectivity index (χ3v) is 6.50. The lowest BCUT2D eigenvalue weighted by molar-refractivity contribution is 0.0792. The number of fused-ring (bicyclic) bond motifs is 1. The van der Waals surface area contributed by atoms with Crippen molar-refractivity contribution in [1.82, 2.24) is 4.90 Å². The van der Waals surface area contributed by atoms with Crippen LogP contribution in [-0.4, -0.2) is 29.8 Å². The van der Waals surface area contributed by atoms with Crippen molar-refractivity contribution in [3.63, 3.8) is 0 Å². The second-order valence-corrected chi connectivity index (χ2v) is 8.15. The molecule has 4 nitrogen and oxygen atoms in total. The van der Waals surface area contributed by atoms with E-state index in [2.05, 4.69) is 5.32 Å². The molecule has 0 aliphatic carbocycles. The summed E-state index contributed by atoms with van der Waals surface area (Å²) in [4.78, 5) is 27.5. The van der Waals surface area contributed by atoms with Gasteiger partial charge in [-0.3, -0.25) is 9.59 Å². The second kappa shape index (κ2) is 7.33. The summed E-state index contributed by atoms with van der Waals surface area (Å²) in [6.07, 6.45) is 2.13. The minimum absolute atomic E-state index is 0.0494. The van der Waals surface area contributed by atoms with Crippen LogP contribution in [-0.2, 0) is 0 Å². The SMILES string of the molecule is Cc1cccc2sc(C(=O)Nc3ccc(C(=O)N4CCCC4)cc3)c(Cl)c12. The topological polar surface area (TPSA) is 49.4 Å². The Morgan fingerprint density at radius 2 is 1.78 bits per heavy atom. The molecule has 2 heterocycles. The molecule has 2 amide bonds. The van der Waals surface area contributed by atoms with Crippen LogP contribution in [0.4, 0.5) is 5.69 Å². The average molecular weight is 399 g/mol. The fraction of sp³-hybridized carbons (Fsp3) is 0.238. The van der Waals surface area contributed by atoms with Crippen LogP contribution in [0.5, 0.6) is 0 Å². The van der Waals surface area contributed by atoms with Gasteiger partial charge in [-0.05, 0) is 55.7 Å². The summed E-state index contributed by atoms with van der Waals surface area (Å²) in [6.45, 7) is 3.63. The normalized spacial score (nSPS) is 13.9. The maximum Gasteiger partial charge on any atom is 0.267 e. The summed E-state index contributed by atoms with van der Waals surface area (Å²) >= 11 is 7.85. The monoisotopic (exact) mass is 398 g/mol. The number of aryl methyl sites for hydroxylation is 1. The van der Waals surface area contributed by atoms with Crippen LogP contribution in [0.3, 0.4) is 0 Å². The van der Waals surface area contributed by atoms with Crippen molar-refractivity contribution < 1.29 is 9.59 Å². The number of likely N-dealkylation sites (tertiary alicyclic amines) is 1. The Morgan fingerprint density at radius 3 is 2.44 bits per heavy atom. The minimum Gasteiger partial charge on any atom is -0.339 e. The van der Waals surface area contributed by atoms with Gasteiger partial charge in [0.05, 0.1) is 5.02 Å². The van der Waals surface area contributed by atoms with Crippen LogP contribution in [0.15, 0.2) is 42.5 Å². The maximum atomic E-state index is 12.7. The van der Waals surface area contributed by atoms with Crippen molar-refractivity contribution in [3.8, 4) is 0 Å². The van der Waals surface area contributed by atoms with E-state index in [1.54, 1.807) is 24.3 Å². The Morgan fingerprint density at radius 1 is 1.07 bits per heavy atom. The van der Waals surface area contributed by atoms with E-state index in [4.69, 9.17) is 11.6 Å². The second-order valence-electron chi connectivity index (χ2n) is 6.72. The summed E-state index contributed by atoms with van der Waals surface area (Å²) < 4.78 is 0.997. The Hall–Kier alpha value is -2.37. The van der Waals surface area contributed by atoms with Crippen molar-refractivity contribution in [2.75, 3.05) is 18.4 Å². The summed E-state index contributed by atoms with van der Waals surface area (Å²) in [7, 11) is 0. The third-order valence-electron chi connectivity index (χ3n) is 4.85. The minimum atomic E-state index is -0.237. The van der Waals surface area contributed by atoms with Gasteiger partial charge in [-0.15, -0.1) is 11.3 Å². The fourth-order valence-electron chi connectivity index (χ4n) is 3.41. The number of hydrogen-bond donors (Lipinski definition) is 1. The molecule has 1 fully saturated rings. The number of hydrogen-bond acceptors (Lipinski definition) is 3. The smallest absolute Gasteiger partial charge is 0.267 e. The van der Waals surface area contributed by atoms with Crippen molar-refractivity contribution >= 4 is 50.5 Å². The summed E-state index contributed by atoms with van der Waals surface area (Å²) in [5.41, 5.74) is 2.34. The van der Waals surface area contributed by atoms with Crippen LogP contribution < -0.4 is 5.32 Å². The molecule has 6 heteroatoms. The van der Waals surface area contributed by atoms with Crippen molar-refractivity contribution in [3.05, 3.63) is 63.5 Å². The molecule has 0 spiro atoms. The first-order chi connectivity index (χ1) is 13.0. The zero-order valence-electron chi connectivity index (χ0n) is 14.9. The lowest BCUT2D eigenvalue weighted by Crippen LogP contribution is -2.27. The van der Waals surface area contributed by atoms with Gasteiger partial charge in [0.2, 0.25) is 0 Å².